The Hall–Kier alpha value is -0.580. The largest absolute Gasteiger partial charge is 0.377 e. The lowest BCUT2D eigenvalue weighted by atomic mass is 9.99. The lowest BCUT2D eigenvalue weighted by Gasteiger charge is -2.17. The molecule has 0 aliphatic heterocycles. The van der Waals surface area contributed by atoms with Crippen molar-refractivity contribution < 1.29 is 13.2 Å². The fraction of sp³-hybridized carbons (Fsp3) is 0.500. The second-order valence-electron chi connectivity index (χ2n) is 4.36. The molecule has 0 amide bonds. The standard InChI is InChI=1S/C12H17ClO3S/c1-9(2)8-12(16-3)10-4-6-11(7-5-10)17(13,14)15/h4-7,9,12H,8H2,1-3H3/t12-/m0/s1. The molecule has 0 heterocycles. The van der Waals surface area contributed by atoms with Crippen molar-refractivity contribution in [2.75, 3.05) is 7.11 Å². The third-order valence-corrected chi connectivity index (χ3v) is 3.87. The van der Waals surface area contributed by atoms with E-state index in [1.807, 2.05) is 0 Å². The fourth-order valence-corrected chi connectivity index (χ4v) is 2.41. The molecule has 0 spiro atoms. The molecule has 1 aromatic rings. The van der Waals surface area contributed by atoms with E-state index in [2.05, 4.69) is 13.8 Å². The lowest BCUT2D eigenvalue weighted by Crippen LogP contribution is -2.05. The first-order valence-electron chi connectivity index (χ1n) is 5.42. The molecular formula is C12H17ClO3S. The smallest absolute Gasteiger partial charge is 0.261 e. The summed E-state index contributed by atoms with van der Waals surface area (Å²) in [5, 5.41) is 0. The van der Waals surface area contributed by atoms with Gasteiger partial charge in [0.15, 0.2) is 0 Å². The van der Waals surface area contributed by atoms with Crippen molar-refractivity contribution in [3.63, 3.8) is 0 Å². The molecule has 1 atom stereocenters. The predicted molar refractivity (Wildman–Crippen MR) is 68.7 cm³/mol. The summed E-state index contributed by atoms with van der Waals surface area (Å²) < 4.78 is 27.6. The van der Waals surface area contributed by atoms with Crippen LogP contribution in [-0.2, 0) is 13.8 Å². The summed E-state index contributed by atoms with van der Waals surface area (Å²) in [6.45, 7) is 4.23. The summed E-state index contributed by atoms with van der Waals surface area (Å²) >= 11 is 0. The topological polar surface area (TPSA) is 43.4 Å². The number of hydrogen-bond donors (Lipinski definition) is 0. The molecule has 0 aromatic heterocycles. The number of hydrogen-bond acceptors (Lipinski definition) is 3. The summed E-state index contributed by atoms with van der Waals surface area (Å²) in [7, 11) is 3.26. The van der Waals surface area contributed by atoms with Crippen LogP contribution in [0.4, 0.5) is 0 Å². The van der Waals surface area contributed by atoms with Crippen molar-refractivity contribution in [3.8, 4) is 0 Å². The van der Waals surface area contributed by atoms with Gasteiger partial charge >= 0.3 is 0 Å². The van der Waals surface area contributed by atoms with E-state index in [0.717, 1.165) is 12.0 Å². The highest BCUT2D eigenvalue weighted by Gasteiger charge is 2.14. The number of methoxy groups -OCH3 is 1. The van der Waals surface area contributed by atoms with Crippen molar-refractivity contribution in [3.05, 3.63) is 29.8 Å². The van der Waals surface area contributed by atoms with Crippen LogP contribution in [0.5, 0.6) is 0 Å². The van der Waals surface area contributed by atoms with Crippen molar-refractivity contribution in [2.45, 2.75) is 31.3 Å². The van der Waals surface area contributed by atoms with Crippen LogP contribution in [0.3, 0.4) is 0 Å². The first-order valence-corrected chi connectivity index (χ1v) is 7.73. The van der Waals surface area contributed by atoms with E-state index >= 15 is 0 Å². The third kappa shape index (κ3) is 4.30. The normalized spacial score (nSPS) is 13.9. The molecule has 3 nitrogen and oxygen atoms in total. The van der Waals surface area contributed by atoms with Gasteiger partial charge in [0.05, 0.1) is 11.0 Å². The summed E-state index contributed by atoms with van der Waals surface area (Å²) in [6, 6.07) is 6.49. The van der Waals surface area contributed by atoms with Gasteiger partial charge in [-0.05, 0) is 30.0 Å². The maximum atomic E-state index is 11.1. The Labute approximate surface area is 107 Å². The first kappa shape index (κ1) is 14.5. The van der Waals surface area contributed by atoms with Gasteiger partial charge < -0.3 is 4.74 Å². The van der Waals surface area contributed by atoms with Gasteiger partial charge in [0.1, 0.15) is 0 Å². The Kier molecular flexibility index (Phi) is 4.98. The van der Waals surface area contributed by atoms with Crippen molar-refractivity contribution in [1.82, 2.24) is 0 Å². The number of halogens is 1. The second kappa shape index (κ2) is 5.85. The van der Waals surface area contributed by atoms with Gasteiger partial charge in [-0.25, -0.2) is 8.42 Å². The van der Waals surface area contributed by atoms with Crippen LogP contribution >= 0.6 is 10.7 Å². The van der Waals surface area contributed by atoms with E-state index in [9.17, 15) is 8.42 Å². The average molecular weight is 277 g/mol. The predicted octanol–water partition coefficient (Wildman–Crippen LogP) is 3.35. The van der Waals surface area contributed by atoms with Crippen molar-refractivity contribution in [2.24, 2.45) is 5.92 Å². The van der Waals surface area contributed by atoms with Crippen LogP contribution < -0.4 is 0 Å². The Bertz CT molecular complexity index is 451. The quantitative estimate of drug-likeness (QED) is 0.775. The Morgan fingerprint density at radius 1 is 1.24 bits per heavy atom. The Morgan fingerprint density at radius 2 is 1.76 bits per heavy atom. The molecule has 0 saturated carbocycles. The van der Waals surface area contributed by atoms with E-state index < -0.39 is 9.05 Å². The number of rotatable bonds is 5. The maximum absolute atomic E-state index is 11.1. The van der Waals surface area contributed by atoms with Crippen LogP contribution in [-0.4, -0.2) is 15.5 Å². The molecule has 0 saturated heterocycles. The fourth-order valence-electron chi connectivity index (χ4n) is 1.64. The van der Waals surface area contributed by atoms with Crippen molar-refractivity contribution in [1.29, 1.82) is 0 Å². The minimum absolute atomic E-state index is 0.0120. The molecule has 5 heteroatoms. The number of ether oxygens (including phenoxy) is 1. The molecule has 0 unspecified atom stereocenters. The Morgan fingerprint density at radius 3 is 2.12 bits per heavy atom. The molecule has 0 bridgehead atoms. The van der Waals surface area contributed by atoms with Gasteiger partial charge in [-0.1, -0.05) is 26.0 Å². The minimum Gasteiger partial charge on any atom is -0.377 e. The molecule has 1 aromatic carbocycles. The molecule has 17 heavy (non-hydrogen) atoms. The lowest BCUT2D eigenvalue weighted by molar-refractivity contribution is 0.0845. The SMILES string of the molecule is CO[C@@H](CC(C)C)c1ccc(S(=O)(=O)Cl)cc1. The number of benzene rings is 1. The van der Waals surface area contributed by atoms with E-state index in [1.54, 1.807) is 19.2 Å². The molecule has 0 aliphatic carbocycles. The van der Waals surface area contributed by atoms with Crippen LogP contribution in [0, 0.1) is 5.92 Å². The molecule has 96 valence electrons. The van der Waals surface area contributed by atoms with Gasteiger partial charge in [-0.3, -0.25) is 0 Å². The highest BCUT2D eigenvalue weighted by molar-refractivity contribution is 8.13. The van der Waals surface area contributed by atoms with Crippen LogP contribution in [0.1, 0.15) is 31.9 Å². The van der Waals surface area contributed by atoms with Crippen LogP contribution in [0.2, 0.25) is 0 Å². The van der Waals surface area contributed by atoms with Gasteiger partial charge in [-0.2, -0.15) is 0 Å². The summed E-state index contributed by atoms with van der Waals surface area (Å²) in [6.07, 6.45) is 0.880. The summed E-state index contributed by atoms with van der Waals surface area (Å²) in [5.41, 5.74) is 0.963. The minimum atomic E-state index is -3.64. The zero-order chi connectivity index (χ0) is 13.1. The molecule has 0 fully saturated rings. The van der Waals surface area contributed by atoms with E-state index in [0.29, 0.717) is 5.92 Å². The van der Waals surface area contributed by atoms with Crippen LogP contribution in [0.25, 0.3) is 0 Å². The molecule has 1 rings (SSSR count). The molecule has 0 N–H and O–H groups in total. The highest BCUT2D eigenvalue weighted by Crippen LogP contribution is 2.26. The average Bonchev–Trinajstić information content (AvgIpc) is 2.24. The summed E-state index contributed by atoms with van der Waals surface area (Å²) in [5.74, 6) is 0.511. The zero-order valence-electron chi connectivity index (χ0n) is 10.2. The molecule has 0 radical (unpaired) electrons. The third-order valence-electron chi connectivity index (χ3n) is 2.50. The van der Waals surface area contributed by atoms with Crippen LogP contribution in [0.15, 0.2) is 29.2 Å². The second-order valence-corrected chi connectivity index (χ2v) is 6.93. The van der Waals surface area contributed by atoms with E-state index in [1.165, 1.54) is 12.1 Å². The molecular weight excluding hydrogens is 260 g/mol. The summed E-state index contributed by atoms with van der Waals surface area (Å²) in [4.78, 5) is 0.113. The monoisotopic (exact) mass is 276 g/mol. The zero-order valence-corrected chi connectivity index (χ0v) is 11.8. The van der Waals surface area contributed by atoms with Crippen molar-refractivity contribution >= 4 is 19.7 Å². The Balaban J connectivity index is 2.93. The van der Waals surface area contributed by atoms with Gasteiger partial charge in [-0.15, -0.1) is 0 Å². The highest BCUT2D eigenvalue weighted by atomic mass is 35.7. The van der Waals surface area contributed by atoms with Gasteiger partial charge in [0, 0.05) is 17.8 Å². The maximum Gasteiger partial charge on any atom is 0.261 e. The van der Waals surface area contributed by atoms with Gasteiger partial charge in [0.2, 0.25) is 0 Å². The van der Waals surface area contributed by atoms with E-state index in [-0.39, 0.29) is 11.0 Å². The van der Waals surface area contributed by atoms with E-state index in [4.69, 9.17) is 15.4 Å². The molecule has 0 aliphatic rings. The first-order chi connectivity index (χ1) is 7.84. The van der Waals surface area contributed by atoms with Gasteiger partial charge in [0.25, 0.3) is 9.05 Å².